The van der Waals surface area contributed by atoms with E-state index in [1.807, 2.05) is 0 Å². The van der Waals surface area contributed by atoms with Crippen LogP contribution in [0.25, 0.3) is 0 Å². The molecule has 1 aromatic carbocycles. The molecule has 1 saturated heterocycles. The summed E-state index contributed by atoms with van der Waals surface area (Å²) in [5.74, 6) is -1.13. The topological polar surface area (TPSA) is 76.2 Å². The summed E-state index contributed by atoms with van der Waals surface area (Å²) >= 11 is 0. The van der Waals surface area contributed by atoms with Gasteiger partial charge in [0, 0.05) is 6.42 Å². The second kappa shape index (κ2) is 6.68. The Balaban J connectivity index is 1.66. The third-order valence-electron chi connectivity index (χ3n) is 4.14. The first-order chi connectivity index (χ1) is 12.2. The zero-order chi connectivity index (χ0) is 19.1. The molecule has 140 valence electrons. The van der Waals surface area contributed by atoms with Crippen LogP contribution in [0.2, 0.25) is 0 Å². The average molecular weight is 364 g/mol. The van der Waals surface area contributed by atoms with Crippen molar-refractivity contribution in [2.75, 3.05) is 13.2 Å². The van der Waals surface area contributed by atoms with Gasteiger partial charge in [-0.2, -0.15) is 0 Å². The van der Waals surface area contributed by atoms with Crippen molar-refractivity contribution in [3.8, 4) is 0 Å². The monoisotopic (exact) mass is 364 g/mol. The molecular weight excluding hydrogens is 343 g/mol. The maximum atomic E-state index is 13.8. The summed E-state index contributed by atoms with van der Waals surface area (Å²) in [4.78, 5) is 43.4. The second-order valence-corrected chi connectivity index (χ2v) is 7.37. The first kappa shape index (κ1) is 18.3. The molecule has 2 aliphatic rings. The summed E-state index contributed by atoms with van der Waals surface area (Å²) in [5, 5.41) is 0.670. The molecule has 1 aromatic rings. The van der Waals surface area contributed by atoms with E-state index < -0.39 is 35.7 Å². The molecule has 7 nitrogen and oxygen atoms in total. The van der Waals surface area contributed by atoms with Gasteiger partial charge in [-0.25, -0.2) is 9.18 Å². The Bertz CT molecular complexity index is 710. The third kappa shape index (κ3) is 3.55. The van der Waals surface area contributed by atoms with Crippen molar-refractivity contribution in [3.05, 3.63) is 35.4 Å². The number of imide groups is 1. The normalized spacial score (nSPS) is 22.8. The SMILES string of the molecule is CC(C)(C)OC(=O)N1CC(F)CC1CON1C(=O)c2ccccc2C1=O. The lowest BCUT2D eigenvalue weighted by Gasteiger charge is -2.28. The van der Waals surface area contributed by atoms with Gasteiger partial charge in [0.2, 0.25) is 0 Å². The smallest absolute Gasteiger partial charge is 0.410 e. The lowest BCUT2D eigenvalue weighted by Crippen LogP contribution is -2.43. The number of hydrogen-bond donors (Lipinski definition) is 0. The Kier molecular flexibility index (Phi) is 4.70. The van der Waals surface area contributed by atoms with E-state index in [0.717, 1.165) is 0 Å². The standard InChI is InChI=1S/C18H21FN2O5/c1-18(2,3)26-17(24)20-9-11(19)8-12(20)10-25-21-15(22)13-6-4-5-7-14(13)16(21)23/h4-7,11-12H,8-10H2,1-3H3. The number of halogens is 1. The number of likely N-dealkylation sites (tertiary alicyclic amines) is 1. The molecule has 8 heteroatoms. The second-order valence-electron chi connectivity index (χ2n) is 7.37. The predicted molar refractivity (Wildman–Crippen MR) is 89.1 cm³/mol. The highest BCUT2D eigenvalue weighted by Gasteiger charge is 2.41. The van der Waals surface area contributed by atoms with Crippen LogP contribution in [0, 0.1) is 0 Å². The van der Waals surface area contributed by atoms with Crippen LogP contribution in [-0.4, -0.2) is 58.8 Å². The van der Waals surface area contributed by atoms with E-state index >= 15 is 0 Å². The molecule has 2 aliphatic heterocycles. The van der Waals surface area contributed by atoms with Gasteiger partial charge in [-0.15, -0.1) is 5.06 Å². The van der Waals surface area contributed by atoms with E-state index in [1.54, 1.807) is 45.0 Å². The first-order valence-electron chi connectivity index (χ1n) is 8.42. The summed E-state index contributed by atoms with van der Waals surface area (Å²) in [7, 11) is 0. The molecule has 0 aliphatic carbocycles. The Hall–Kier alpha value is -2.48. The van der Waals surface area contributed by atoms with Crippen molar-refractivity contribution in [3.63, 3.8) is 0 Å². The number of rotatable bonds is 3. The Morgan fingerprint density at radius 1 is 1.19 bits per heavy atom. The summed E-state index contributed by atoms with van der Waals surface area (Å²) in [6, 6.07) is 5.77. The van der Waals surface area contributed by atoms with E-state index in [4.69, 9.17) is 9.57 Å². The molecule has 2 atom stereocenters. The van der Waals surface area contributed by atoms with Crippen molar-refractivity contribution in [1.82, 2.24) is 9.96 Å². The van der Waals surface area contributed by atoms with Gasteiger partial charge in [-0.05, 0) is 32.9 Å². The van der Waals surface area contributed by atoms with Gasteiger partial charge in [0.15, 0.2) is 0 Å². The fourth-order valence-corrected chi connectivity index (χ4v) is 3.01. The van der Waals surface area contributed by atoms with E-state index in [2.05, 4.69) is 0 Å². The van der Waals surface area contributed by atoms with Gasteiger partial charge in [0.25, 0.3) is 11.8 Å². The quantitative estimate of drug-likeness (QED) is 0.771. The number of carbonyl (C=O) groups is 3. The number of benzene rings is 1. The fourth-order valence-electron chi connectivity index (χ4n) is 3.01. The van der Waals surface area contributed by atoms with Crippen LogP contribution in [0.4, 0.5) is 9.18 Å². The van der Waals surface area contributed by atoms with Crippen molar-refractivity contribution < 1.29 is 28.3 Å². The largest absolute Gasteiger partial charge is 0.444 e. The number of hydroxylamine groups is 2. The minimum absolute atomic E-state index is 0.0579. The summed E-state index contributed by atoms with van der Waals surface area (Å²) in [6.07, 6.45) is -1.80. The van der Waals surface area contributed by atoms with E-state index in [9.17, 15) is 18.8 Å². The molecule has 3 amide bonds. The zero-order valence-electron chi connectivity index (χ0n) is 14.9. The van der Waals surface area contributed by atoms with Gasteiger partial charge in [0.05, 0.1) is 30.3 Å². The zero-order valence-corrected chi connectivity index (χ0v) is 14.9. The molecular formula is C18H21FN2O5. The number of ether oxygens (including phenoxy) is 1. The van der Waals surface area contributed by atoms with Crippen LogP contribution in [0.15, 0.2) is 24.3 Å². The predicted octanol–water partition coefficient (Wildman–Crippen LogP) is 2.56. The van der Waals surface area contributed by atoms with Crippen LogP contribution in [0.5, 0.6) is 0 Å². The minimum Gasteiger partial charge on any atom is -0.444 e. The van der Waals surface area contributed by atoms with Gasteiger partial charge in [0.1, 0.15) is 11.8 Å². The summed E-state index contributed by atoms with van der Waals surface area (Å²) in [6.45, 7) is 4.88. The highest BCUT2D eigenvalue weighted by Crippen LogP contribution is 2.26. The summed E-state index contributed by atoms with van der Waals surface area (Å²) in [5.41, 5.74) is -0.188. The van der Waals surface area contributed by atoms with Gasteiger partial charge in [-0.1, -0.05) is 12.1 Å². The van der Waals surface area contributed by atoms with Crippen LogP contribution >= 0.6 is 0 Å². The van der Waals surface area contributed by atoms with Crippen molar-refractivity contribution in [2.24, 2.45) is 0 Å². The maximum absolute atomic E-state index is 13.8. The number of carbonyl (C=O) groups excluding carboxylic acids is 3. The number of alkyl halides is 1. The Labute approximate surface area is 150 Å². The number of hydrogen-bond acceptors (Lipinski definition) is 5. The van der Waals surface area contributed by atoms with E-state index in [1.165, 1.54) is 4.90 Å². The number of amides is 3. The molecule has 0 N–H and O–H groups in total. The minimum atomic E-state index is -1.21. The third-order valence-corrected chi connectivity index (χ3v) is 4.14. The molecule has 2 unspecified atom stereocenters. The number of fused-ring (bicyclic) bond motifs is 1. The molecule has 3 rings (SSSR count). The highest BCUT2D eigenvalue weighted by atomic mass is 19.1. The van der Waals surface area contributed by atoms with Crippen molar-refractivity contribution in [1.29, 1.82) is 0 Å². The molecule has 0 radical (unpaired) electrons. The first-order valence-corrected chi connectivity index (χ1v) is 8.42. The lowest BCUT2D eigenvalue weighted by atomic mass is 10.1. The molecule has 0 spiro atoms. The molecule has 0 bridgehead atoms. The molecule has 26 heavy (non-hydrogen) atoms. The van der Waals surface area contributed by atoms with Crippen LogP contribution in [-0.2, 0) is 9.57 Å². The van der Waals surface area contributed by atoms with E-state index in [0.29, 0.717) is 5.06 Å². The van der Waals surface area contributed by atoms with Gasteiger partial charge < -0.3 is 4.74 Å². The molecule has 2 heterocycles. The van der Waals surface area contributed by atoms with Crippen LogP contribution in [0.3, 0.4) is 0 Å². The molecule has 0 saturated carbocycles. The Morgan fingerprint density at radius 3 is 2.31 bits per heavy atom. The lowest BCUT2D eigenvalue weighted by molar-refractivity contribution is -0.104. The fraction of sp³-hybridized carbons (Fsp3) is 0.500. The Morgan fingerprint density at radius 2 is 1.77 bits per heavy atom. The van der Waals surface area contributed by atoms with Crippen LogP contribution in [0.1, 0.15) is 47.9 Å². The van der Waals surface area contributed by atoms with E-state index in [-0.39, 0.29) is 30.7 Å². The van der Waals surface area contributed by atoms with Gasteiger partial charge in [-0.3, -0.25) is 19.3 Å². The molecule has 1 fully saturated rings. The number of nitrogens with zero attached hydrogens (tertiary/aromatic N) is 2. The molecule has 0 aromatic heterocycles. The van der Waals surface area contributed by atoms with Crippen molar-refractivity contribution >= 4 is 17.9 Å². The summed E-state index contributed by atoms with van der Waals surface area (Å²) < 4.78 is 19.1. The van der Waals surface area contributed by atoms with Gasteiger partial charge >= 0.3 is 6.09 Å². The average Bonchev–Trinajstić information content (AvgIpc) is 3.04. The van der Waals surface area contributed by atoms with Crippen LogP contribution < -0.4 is 0 Å². The van der Waals surface area contributed by atoms with Crippen molar-refractivity contribution in [2.45, 2.75) is 45.0 Å². The highest BCUT2D eigenvalue weighted by molar-refractivity contribution is 6.20. The maximum Gasteiger partial charge on any atom is 0.410 e.